The van der Waals surface area contributed by atoms with Gasteiger partial charge in [-0.3, -0.25) is 14.8 Å². The maximum absolute atomic E-state index is 12.0. The van der Waals surface area contributed by atoms with Gasteiger partial charge in [0.05, 0.1) is 17.7 Å². The van der Waals surface area contributed by atoms with E-state index < -0.39 is 10.9 Å². The molecule has 0 bridgehead atoms. The minimum absolute atomic E-state index is 0.0220. The van der Waals surface area contributed by atoms with Gasteiger partial charge in [0.2, 0.25) is 0 Å². The summed E-state index contributed by atoms with van der Waals surface area (Å²) >= 11 is 0. The Bertz CT molecular complexity index is 679. The standard InChI is InChI=1S/C14H15N3O4/c1-10-3-4-13(17(19)20)12(7-10)14(18)21-6-5-11-8-15-16(2)9-11/h3-4,7-9H,5-6H2,1-2H3. The molecule has 0 fully saturated rings. The Labute approximate surface area is 121 Å². The van der Waals surface area contributed by atoms with Crippen molar-refractivity contribution in [1.82, 2.24) is 9.78 Å². The molecule has 2 rings (SSSR count). The van der Waals surface area contributed by atoms with Crippen molar-refractivity contribution in [2.45, 2.75) is 13.3 Å². The first-order valence-corrected chi connectivity index (χ1v) is 6.37. The molecule has 0 amide bonds. The van der Waals surface area contributed by atoms with Gasteiger partial charge in [0.25, 0.3) is 5.69 Å². The highest BCUT2D eigenvalue weighted by atomic mass is 16.6. The lowest BCUT2D eigenvalue weighted by molar-refractivity contribution is -0.385. The summed E-state index contributed by atoms with van der Waals surface area (Å²) < 4.78 is 6.76. The minimum atomic E-state index is -0.686. The lowest BCUT2D eigenvalue weighted by Gasteiger charge is -2.05. The van der Waals surface area contributed by atoms with Gasteiger partial charge in [-0.2, -0.15) is 5.10 Å². The van der Waals surface area contributed by atoms with Crippen LogP contribution in [-0.2, 0) is 18.2 Å². The van der Waals surface area contributed by atoms with Gasteiger partial charge < -0.3 is 4.74 Å². The zero-order valence-electron chi connectivity index (χ0n) is 11.8. The topological polar surface area (TPSA) is 87.3 Å². The molecular formula is C14H15N3O4. The van der Waals surface area contributed by atoms with E-state index >= 15 is 0 Å². The van der Waals surface area contributed by atoms with Gasteiger partial charge in [0.1, 0.15) is 5.56 Å². The zero-order chi connectivity index (χ0) is 15.4. The van der Waals surface area contributed by atoms with E-state index in [0.29, 0.717) is 6.42 Å². The smallest absolute Gasteiger partial charge is 0.345 e. The summed E-state index contributed by atoms with van der Waals surface area (Å²) in [6.45, 7) is 1.91. The van der Waals surface area contributed by atoms with Crippen LogP contribution in [0, 0.1) is 17.0 Å². The molecule has 110 valence electrons. The fraction of sp³-hybridized carbons (Fsp3) is 0.286. The summed E-state index contributed by atoms with van der Waals surface area (Å²) in [7, 11) is 1.80. The van der Waals surface area contributed by atoms with E-state index in [1.165, 1.54) is 12.1 Å². The Balaban J connectivity index is 2.03. The molecule has 1 aromatic heterocycles. The Hall–Kier alpha value is -2.70. The Kier molecular flexibility index (Phi) is 4.32. The molecule has 21 heavy (non-hydrogen) atoms. The lowest BCUT2D eigenvalue weighted by atomic mass is 10.1. The molecule has 0 aliphatic carbocycles. The first kappa shape index (κ1) is 14.7. The van der Waals surface area contributed by atoms with E-state index in [1.807, 2.05) is 6.20 Å². The molecule has 0 radical (unpaired) electrons. The van der Waals surface area contributed by atoms with Crippen molar-refractivity contribution in [2.75, 3.05) is 6.61 Å². The second-order valence-corrected chi connectivity index (χ2v) is 4.69. The number of esters is 1. The molecule has 0 saturated heterocycles. The maximum Gasteiger partial charge on any atom is 0.345 e. The van der Waals surface area contributed by atoms with Crippen LogP contribution < -0.4 is 0 Å². The predicted molar refractivity (Wildman–Crippen MR) is 75.0 cm³/mol. The quantitative estimate of drug-likeness (QED) is 0.477. The molecule has 7 heteroatoms. The average molecular weight is 289 g/mol. The Morgan fingerprint density at radius 2 is 2.24 bits per heavy atom. The number of rotatable bonds is 5. The van der Waals surface area contributed by atoms with Crippen molar-refractivity contribution < 1.29 is 14.5 Å². The van der Waals surface area contributed by atoms with Crippen LogP contribution in [0.4, 0.5) is 5.69 Å². The number of hydrogen-bond donors (Lipinski definition) is 0. The van der Waals surface area contributed by atoms with E-state index in [4.69, 9.17) is 4.74 Å². The van der Waals surface area contributed by atoms with Gasteiger partial charge in [-0.1, -0.05) is 6.07 Å². The molecule has 0 spiro atoms. The highest BCUT2D eigenvalue weighted by molar-refractivity contribution is 5.94. The van der Waals surface area contributed by atoms with Crippen molar-refractivity contribution in [3.8, 4) is 0 Å². The highest BCUT2D eigenvalue weighted by Gasteiger charge is 2.21. The van der Waals surface area contributed by atoms with Gasteiger partial charge in [-0.15, -0.1) is 0 Å². The SMILES string of the molecule is Cc1ccc([N+](=O)[O-])c(C(=O)OCCc2cnn(C)c2)c1. The molecule has 0 N–H and O–H groups in total. The van der Waals surface area contributed by atoms with Gasteiger partial charge in [-0.05, 0) is 24.1 Å². The van der Waals surface area contributed by atoms with Crippen molar-refractivity contribution in [2.24, 2.45) is 7.05 Å². The summed E-state index contributed by atoms with van der Waals surface area (Å²) in [4.78, 5) is 22.3. The summed E-state index contributed by atoms with van der Waals surface area (Å²) in [6, 6.07) is 4.36. The first-order chi connectivity index (χ1) is 9.97. The fourth-order valence-electron chi connectivity index (χ4n) is 1.91. The molecule has 7 nitrogen and oxygen atoms in total. The van der Waals surface area contributed by atoms with Gasteiger partial charge in [0.15, 0.2) is 0 Å². The molecule has 0 aliphatic rings. The third kappa shape index (κ3) is 3.65. The minimum Gasteiger partial charge on any atom is -0.462 e. The highest BCUT2D eigenvalue weighted by Crippen LogP contribution is 2.20. The number of carbonyl (C=O) groups excluding carboxylic acids is 1. The fourth-order valence-corrected chi connectivity index (χ4v) is 1.91. The number of aromatic nitrogens is 2. The van der Waals surface area contributed by atoms with Crippen molar-refractivity contribution in [3.05, 3.63) is 57.4 Å². The van der Waals surface area contributed by atoms with E-state index in [-0.39, 0.29) is 17.9 Å². The van der Waals surface area contributed by atoms with Crippen molar-refractivity contribution in [1.29, 1.82) is 0 Å². The molecule has 1 aromatic carbocycles. The number of aryl methyl sites for hydroxylation is 2. The molecule has 0 unspecified atom stereocenters. The van der Waals surface area contributed by atoms with Crippen molar-refractivity contribution in [3.63, 3.8) is 0 Å². The number of hydrogen-bond acceptors (Lipinski definition) is 5. The van der Waals surface area contributed by atoms with Crippen LogP contribution in [0.3, 0.4) is 0 Å². The summed E-state index contributed by atoms with van der Waals surface area (Å²) in [6.07, 6.45) is 4.02. The number of carbonyl (C=O) groups is 1. The zero-order valence-corrected chi connectivity index (χ0v) is 11.8. The van der Waals surface area contributed by atoms with Gasteiger partial charge >= 0.3 is 5.97 Å². The van der Waals surface area contributed by atoms with E-state index in [1.54, 1.807) is 30.9 Å². The van der Waals surface area contributed by atoms with Crippen LogP contribution in [0.1, 0.15) is 21.5 Å². The van der Waals surface area contributed by atoms with Gasteiger partial charge in [-0.25, -0.2) is 4.79 Å². The summed E-state index contributed by atoms with van der Waals surface area (Å²) in [5, 5.41) is 14.9. The van der Waals surface area contributed by atoms with Crippen LogP contribution in [0.25, 0.3) is 0 Å². The van der Waals surface area contributed by atoms with Crippen molar-refractivity contribution >= 4 is 11.7 Å². The van der Waals surface area contributed by atoms with Gasteiger partial charge in [0, 0.05) is 25.7 Å². The number of benzene rings is 1. The van der Waals surface area contributed by atoms with E-state index in [2.05, 4.69) is 5.10 Å². The second kappa shape index (κ2) is 6.17. The van der Waals surface area contributed by atoms with Crippen LogP contribution >= 0.6 is 0 Å². The number of nitro benzene ring substituents is 1. The van der Waals surface area contributed by atoms with E-state index in [0.717, 1.165) is 11.1 Å². The summed E-state index contributed by atoms with van der Waals surface area (Å²) in [5.74, 6) is -0.686. The number of nitro groups is 1. The predicted octanol–water partition coefficient (Wildman–Crippen LogP) is 2.04. The molecular weight excluding hydrogens is 274 g/mol. The molecule has 0 atom stereocenters. The maximum atomic E-state index is 12.0. The van der Waals surface area contributed by atoms with Crippen LogP contribution in [0.15, 0.2) is 30.6 Å². The monoisotopic (exact) mass is 289 g/mol. The number of ether oxygens (including phenoxy) is 1. The molecule has 1 heterocycles. The first-order valence-electron chi connectivity index (χ1n) is 6.37. The largest absolute Gasteiger partial charge is 0.462 e. The Morgan fingerprint density at radius 3 is 2.86 bits per heavy atom. The van der Waals surface area contributed by atoms with Crippen LogP contribution in [0.5, 0.6) is 0 Å². The third-order valence-electron chi connectivity index (χ3n) is 2.95. The average Bonchev–Trinajstić information content (AvgIpc) is 2.84. The normalized spacial score (nSPS) is 10.4. The lowest BCUT2D eigenvalue weighted by Crippen LogP contribution is -2.10. The second-order valence-electron chi connectivity index (χ2n) is 4.69. The number of nitrogens with zero attached hydrogens (tertiary/aromatic N) is 3. The van der Waals surface area contributed by atoms with E-state index in [9.17, 15) is 14.9 Å². The Morgan fingerprint density at radius 1 is 1.48 bits per heavy atom. The molecule has 2 aromatic rings. The van der Waals surface area contributed by atoms with Crippen LogP contribution in [-0.4, -0.2) is 27.3 Å². The van der Waals surface area contributed by atoms with Crippen LogP contribution in [0.2, 0.25) is 0 Å². The molecule has 0 aliphatic heterocycles. The third-order valence-corrected chi connectivity index (χ3v) is 2.95. The molecule has 0 saturated carbocycles. The summed E-state index contributed by atoms with van der Waals surface area (Å²) in [5.41, 5.74) is 1.43.